The van der Waals surface area contributed by atoms with E-state index in [0.717, 1.165) is 68.3 Å². The average molecular weight is 738 g/mol. The summed E-state index contributed by atoms with van der Waals surface area (Å²) in [5, 5.41) is 14.5. The molecule has 3 aliphatic heterocycles. The minimum atomic E-state index is -0.967. The number of carbonyl (C=O) groups excluding carboxylic acids is 2. The minimum absolute atomic E-state index is 0.104. The molecule has 4 N–H and O–H groups in total. The molecule has 2 saturated heterocycles. The number of rotatable bonds is 9. The Balaban J connectivity index is 1.05. The largest absolute Gasteiger partial charge is 0.488 e. The van der Waals surface area contributed by atoms with Crippen LogP contribution in [0.2, 0.25) is 0 Å². The summed E-state index contributed by atoms with van der Waals surface area (Å²) in [4.78, 5) is 57.5. The Bertz CT molecular complexity index is 2250. The van der Waals surface area contributed by atoms with Gasteiger partial charge in [0.2, 0.25) is 5.91 Å². The van der Waals surface area contributed by atoms with Crippen molar-refractivity contribution in [3.63, 3.8) is 0 Å². The van der Waals surface area contributed by atoms with Gasteiger partial charge in [0.1, 0.15) is 30.0 Å². The Morgan fingerprint density at radius 3 is 2.67 bits per heavy atom. The van der Waals surface area contributed by atoms with E-state index in [1.807, 2.05) is 18.2 Å². The lowest BCUT2D eigenvalue weighted by Crippen LogP contribution is -2.54. The van der Waals surface area contributed by atoms with Gasteiger partial charge in [-0.2, -0.15) is 0 Å². The van der Waals surface area contributed by atoms with Crippen molar-refractivity contribution >= 4 is 39.9 Å². The van der Waals surface area contributed by atoms with E-state index in [0.29, 0.717) is 44.4 Å². The highest BCUT2D eigenvalue weighted by molar-refractivity contribution is 6.07. The molecule has 1 unspecified atom stereocenters. The topological polar surface area (TPSA) is 184 Å². The number of benzene rings is 3. The van der Waals surface area contributed by atoms with E-state index in [9.17, 15) is 19.5 Å². The van der Waals surface area contributed by atoms with Crippen LogP contribution < -0.4 is 10.1 Å². The number of H-pyrrole nitrogens is 2. The molecule has 282 valence electrons. The SMILES string of the molecule is COC[C@H]1C[C@@H](c2nc3c(ccc4cc5c(cc43)OCc3cc(-c4cnc([C@@H]6CCCN6C(=O)[C@@H](NC(=O)OC)C(C)OC)[nH]4)ccc3-5)[nH]2)N(C(=O)O)C1. The van der Waals surface area contributed by atoms with E-state index < -0.39 is 24.3 Å². The molecule has 0 bridgehead atoms. The second-order valence-corrected chi connectivity index (χ2v) is 14.2. The van der Waals surface area contributed by atoms with Crippen LogP contribution in [0, 0.1) is 5.92 Å². The van der Waals surface area contributed by atoms with Crippen molar-refractivity contribution in [1.29, 1.82) is 0 Å². The number of hydrogen-bond acceptors (Lipinski definition) is 9. The molecule has 0 spiro atoms. The van der Waals surface area contributed by atoms with Crippen molar-refractivity contribution < 1.29 is 38.4 Å². The molecule has 3 aliphatic rings. The Hall–Kier alpha value is -5.67. The van der Waals surface area contributed by atoms with Gasteiger partial charge >= 0.3 is 12.2 Å². The summed E-state index contributed by atoms with van der Waals surface area (Å²) in [5.74, 6) is 1.91. The predicted molar refractivity (Wildman–Crippen MR) is 198 cm³/mol. The minimum Gasteiger partial charge on any atom is -0.488 e. The molecule has 5 heterocycles. The van der Waals surface area contributed by atoms with Crippen LogP contribution in [-0.2, 0) is 25.6 Å². The fraction of sp³-hybridized carbons (Fsp3) is 0.410. The van der Waals surface area contributed by atoms with Crippen LogP contribution in [0.15, 0.2) is 48.7 Å². The smallest absolute Gasteiger partial charge is 0.407 e. The first-order valence-corrected chi connectivity index (χ1v) is 18.1. The lowest BCUT2D eigenvalue weighted by atomic mass is 9.92. The number of aromatic nitrogens is 4. The lowest BCUT2D eigenvalue weighted by Gasteiger charge is -2.30. The number of aromatic amines is 2. The van der Waals surface area contributed by atoms with Gasteiger partial charge in [0, 0.05) is 44.2 Å². The van der Waals surface area contributed by atoms with Crippen LogP contribution in [0.5, 0.6) is 5.75 Å². The summed E-state index contributed by atoms with van der Waals surface area (Å²) in [6.45, 7) is 3.54. The van der Waals surface area contributed by atoms with E-state index in [4.69, 9.17) is 28.9 Å². The highest BCUT2D eigenvalue weighted by atomic mass is 16.5. The fourth-order valence-corrected chi connectivity index (χ4v) is 8.23. The van der Waals surface area contributed by atoms with Gasteiger partial charge in [-0.15, -0.1) is 0 Å². The van der Waals surface area contributed by atoms with Crippen molar-refractivity contribution in [2.24, 2.45) is 5.92 Å². The maximum atomic E-state index is 13.7. The second kappa shape index (κ2) is 14.3. The van der Waals surface area contributed by atoms with Crippen LogP contribution in [0.3, 0.4) is 0 Å². The number of nitrogens with zero attached hydrogens (tertiary/aromatic N) is 4. The average Bonchev–Trinajstić information content (AvgIpc) is 4.01. The third-order valence-electron chi connectivity index (χ3n) is 11.0. The Morgan fingerprint density at radius 2 is 1.89 bits per heavy atom. The number of imidazole rings is 2. The van der Waals surface area contributed by atoms with Gasteiger partial charge in [-0.05, 0) is 72.5 Å². The monoisotopic (exact) mass is 737 g/mol. The number of methoxy groups -OCH3 is 3. The van der Waals surface area contributed by atoms with E-state index >= 15 is 0 Å². The van der Waals surface area contributed by atoms with Gasteiger partial charge in [-0.1, -0.05) is 18.2 Å². The van der Waals surface area contributed by atoms with Crippen LogP contribution in [0.25, 0.3) is 44.2 Å². The van der Waals surface area contributed by atoms with E-state index in [1.165, 1.54) is 19.1 Å². The summed E-state index contributed by atoms with van der Waals surface area (Å²) in [7, 11) is 4.39. The molecule has 15 heteroatoms. The molecule has 5 atom stereocenters. The fourth-order valence-electron chi connectivity index (χ4n) is 8.23. The Kier molecular flexibility index (Phi) is 9.36. The number of likely N-dealkylation sites (tertiary alicyclic amines) is 2. The summed E-state index contributed by atoms with van der Waals surface area (Å²) >= 11 is 0. The molecule has 2 aromatic heterocycles. The van der Waals surface area contributed by atoms with E-state index in [-0.39, 0.29) is 23.9 Å². The number of carboxylic acid groups (broad SMARTS) is 1. The number of ether oxygens (including phenoxy) is 4. The van der Waals surface area contributed by atoms with Crippen LogP contribution in [-0.4, -0.2) is 106 Å². The van der Waals surface area contributed by atoms with Crippen LogP contribution in [0.1, 0.15) is 55.5 Å². The zero-order chi connectivity index (χ0) is 37.7. The molecule has 54 heavy (non-hydrogen) atoms. The number of alkyl carbamates (subject to hydrolysis) is 1. The zero-order valence-electron chi connectivity index (χ0n) is 30.5. The van der Waals surface area contributed by atoms with Gasteiger partial charge in [-0.25, -0.2) is 19.6 Å². The molecular weight excluding hydrogens is 694 g/mol. The standard InChI is InChI=1S/C39H43N7O8/c1-20(52-3)33(44-38(48)53-4)37(47)45-11-5-6-30(45)35-40-16-29(42-35)23-7-9-25-24(13-23)19-54-32-15-26-22(14-27(25)32)8-10-28-34(26)43-36(41-28)31-12-21(18-51-2)17-46(31)39(49)50/h7-10,13-16,20-21,30-31,33H,5-6,11-12,17-19H2,1-4H3,(H,40,42)(H,41,43)(H,44,48)(H,49,50)/t20?,21-,30-,31-,33-/m0/s1. The van der Waals surface area contributed by atoms with Gasteiger partial charge in [0.25, 0.3) is 0 Å². The van der Waals surface area contributed by atoms with Gasteiger partial charge in [0.05, 0.1) is 54.8 Å². The normalized spacial score (nSPS) is 20.4. The van der Waals surface area contributed by atoms with Gasteiger partial charge in [0.15, 0.2) is 0 Å². The van der Waals surface area contributed by atoms with Crippen molar-refractivity contribution in [3.05, 3.63) is 65.9 Å². The highest BCUT2D eigenvalue weighted by Gasteiger charge is 2.40. The summed E-state index contributed by atoms with van der Waals surface area (Å²) < 4.78 is 21.8. The maximum Gasteiger partial charge on any atom is 0.407 e. The molecule has 8 rings (SSSR count). The highest BCUT2D eigenvalue weighted by Crippen LogP contribution is 2.43. The number of carbonyl (C=O) groups is 3. The third-order valence-corrected chi connectivity index (χ3v) is 11.0. The maximum absolute atomic E-state index is 13.7. The molecule has 2 fully saturated rings. The number of amides is 3. The van der Waals surface area contributed by atoms with Crippen LogP contribution >= 0.6 is 0 Å². The molecule has 3 amide bonds. The summed E-state index contributed by atoms with van der Waals surface area (Å²) in [6.07, 6.45) is 1.73. The van der Waals surface area contributed by atoms with Crippen LogP contribution in [0.4, 0.5) is 9.59 Å². The second-order valence-electron chi connectivity index (χ2n) is 14.2. The predicted octanol–water partition coefficient (Wildman–Crippen LogP) is 5.78. The van der Waals surface area contributed by atoms with Gasteiger partial charge < -0.3 is 44.2 Å². The molecule has 15 nitrogen and oxygen atoms in total. The Morgan fingerprint density at radius 1 is 1.04 bits per heavy atom. The number of nitrogens with one attached hydrogen (secondary N) is 3. The first-order chi connectivity index (χ1) is 26.2. The molecule has 0 saturated carbocycles. The number of hydrogen-bond donors (Lipinski definition) is 4. The van der Waals surface area contributed by atoms with Gasteiger partial charge in [-0.3, -0.25) is 9.69 Å². The number of fused-ring (bicyclic) bond motifs is 6. The van der Waals surface area contributed by atoms with Crippen molar-refractivity contribution in [3.8, 4) is 28.1 Å². The summed E-state index contributed by atoms with van der Waals surface area (Å²) in [6, 6.07) is 12.9. The quantitative estimate of drug-likeness (QED) is 0.145. The summed E-state index contributed by atoms with van der Waals surface area (Å²) in [5.41, 5.74) is 6.45. The van der Waals surface area contributed by atoms with E-state index in [2.05, 4.69) is 39.6 Å². The molecule has 3 aromatic carbocycles. The first kappa shape index (κ1) is 35.4. The molecule has 5 aromatic rings. The van der Waals surface area contributed by atoms with Crippen molar-refractivity contribution in [1.82, 2.24) is 35.1 Å². The molecule has 0 aliphatic carbocycles. The zero-order valence-corrected chi connectivity index (χ0v) is 30.5. The molecular formula is C39H43N7O8. The lowest BCUT2D eigenvalue weighted by molar-refractivity contribution is -0.137. The van der Waals surface area contributed by atoms with Crippen molar-refractivity contribution in [2.75, 3.05) is 41.0 Å². The van der Waals surface area contributed by atoms with E-state index in [1.54, 1.807) is 25.1 Å². The first-order valence-electron chi connectivity index (χ1n) is 18.1. The van der Waals surface area contributed by atoms with Crippen molar-refractivity contribution in [2.45, 2.75) is 57.0 Å². The third kappa shape index (κ3) is 6.26. The Labute approximate surface area is 310 Å². The molecule has 0 radical (unpaired) electrons.